The molecule has 0 saturated carbocycles. The van der Waals surface area contributed by atoms with Crippen molar-refractivity contribution in [1.82, 2.24) is 10.2 Å². The topological polar surface area (TPSA) is 58.6 Å². The fourth-order valence-corrected chi connectivity index (χ4v) is 4.63. The molecule has 0 spiro atoms. The molecule has 1 amide bonds. The fourth-order valence-electron chi connectivity index (χ4n) is 4.25. The number of benzene rings is 1. The smallest absolute Gasteiger partial charge is 0.252 e. The van der Waals surface area contributed by atoms with E-state index in [1.54, 1.807) is 17.0 Å². The summed E-state index contributed by atoms with van der Waals surface area (Å²) in [5.74, 6) is -1.29. The van der Waals surface area contributed by atoms with Gasteiger partial charge in [0.1, 0.15) is 5.82 Å². The van der Waals surface area contributed by atoms with Crippen molar-refractivity contribution in [3.05, 3.63) is 56.6 Å². The van der Waals surface area contributed by atoms with Gasteiger partial charge in [-0.2, -0.15) is 0 Å². The lowest BCUT2D eigenvalue weighted by molar-refractivity contribution is -0.131. The number of hydrogen-bond acceptors (Lipinski definition) is 4. The Balaban J connectivity index is 1.86. The van der Waals surface area contributed by atoms with Crippen LogP contribution in [0.5, 0.6) is 0 Å². The van der Waals surface area contributed by atoms with Gasteiger partial charge in [-0.1, -0.05) is 15.9 Å². The molecule has 1 unspecified atom stereocenters. The largest absolute Gasteiger partial charge is 0.378 e. The van der Waals surface area contributed by atoms with Gasteiger partial charge in [0, 0.05) is 58.0 Å². The molecule has 0 aromatic heterocycles. The summed E-state index contributed by atoms with van der Waals surface area (Å²) in [7, 11) is 0. The SMILES string of the molecule is CC1=C(C(=O)N2CCOCC2)C(c2cc(Br)ccc2F)C2=C(CCCC2=O)N1. The van der Waals surface area contributed by atoms with Crippen molar-refractivity contribution in [3.63, 3.8) is 0 Å². The molecule has 0 radical (unpaired) electrons. The lowest BCUT2D eigenvalue weighted by atomic mass is 9.74. The predicted molar refractivity (Wildman–Crippen MR) is 106 cm³/mol. The van der Waals surface area contributed by atoms with Crippen LogP contribution in [0.25, 0.3) is 0 Å². The van der Waals surface area contributed by atoms with Crippen LogP contribution in [0.1, 0.15) is 37.7 Å². The monoisotopic (exact) mass is 448 g/mol. The lowest BCUT2D eigenvalue weighted by Crippen LogP contribution is -2.45. The first kappa shape index (κ1) is 19.3. The highest BCUT2D eigenvalue weighted by Gasteiger charge is 2.41. The highest BCUT2D eigenvalue weighted by molar-refractivity contribution is 9.10. The van der Waals surface area contributed by atoms with Crippen molar-refractivity contribution < 1.29 is 18.7 Å². The summed E-state index contributed by atoms with van der Waals surface area (Å²) >= 11 is 3.40. The highest BCUT2D eigenvalue weighted by Crippen LogP contribution is 2.44. The first-order valence-electron chi connectivity index (χ1n) is 9.53. The molecule has 7 heteroatoms. The number of carbonyl (C=O) groups is 2. The Bertz CT molecular complexity index is 903. The maximum absolute atomic E-state index is 14.9. The maximum atomic E-state index is 14.9. The molecule has 3 aliphatic rings. The molecule has 0 bridgehead atoms. The zero-order valence-corrected chi connectivity index (χ0v) is 17.3. The van der Waals surface area contributed by atoms with Crippen LogP contribution >= 0.6 is 15.9 Å². The zero-order chi connectivity index (χ0) is 19.8. The molecular formula is C21H22BrFN2O3. The first-order valence-corrected chi connectivity index (χ1v) is 10.3. The average molecular weight is 449 g/mol. The van der Waals surface area contributed by atoms with E-state index in [1.807, 2.05) is 6.92 Å². The van der Waals surface area contributed by atoms with E-state index in [4.69, 9.17) is 4.74 Å². The second-order valence-electron chi connectivity index (χ2n) is 7.34. The number of hydrogen-bond donors (Lipinski definition) is 1. The van der Waals surface area contributed by atoms with Crippen LogP contribution < -0.4 is 5.32 Å². The number of carbonyl (C=O) groups excluding carboxylic acids is 2. The molecule has 1 fully saturated rings. The summed E-state index contributed by atoms with van der Waals surface area (Å²) in [5.41, 5.74) is 2.85. The van der Waals surface area contributed by atoms with Crippen LogP contribution in [0.4, 0.5) is 4.39 Å². The third-order valence-corrected chi connectivity index (χ3v) is 6.07. The molecule has 28 heavy (non-hydrogen) atoms. The number of ketones is 1. The minimum atomic E-state index is -0.697. The summed E-state index contributed by atoms with van der Waals surface area (Å²) in [5, 5.41) is 3.28. The minimum Gasteiger partial charge on any atom is -0.378 e. The van der Waals surface area contributed by atoms with Gasteiger partial charge in [0.25, 0.3) is 5.91 Å². The Morgan fingerprint density at radius 1 is 1.29 bits per heavy atom. The highest BCUT2D eigenvalue weighted by atomic mass is 79.9. The van der Waals surface area contributed by atoms with Crippen molar-refractivity contribution in [2.75, 3.05) is 26.3 Å². The molecule has 1 atom stereocenters. The van der Waals surface area contributed by atoms with Gasteiger partial charge in [0.2, 0.25) is 0 Å². The standard InChI is InChI=1S/C21H22BrFN2O3/c1-12-18(21(27)25-7-9-28-10-8-25)19(14-11-13(22)5-6-15(14)23)20-16(24-12)3-2-4-17(20)26/h5-6,11,19,24H,2-4,7-10H2,1H3. The van der Waals surface area contributed by atoms with Crippen LogP contribution in [0.15, 0.2) is 45.2 Å². The number of dihydropyridines is 1. The molecule has 1 aliphatic carbocycles. The van der Waals surface area contributed by atoms with Crippen molar-refractivity contribution in [2.24, 2.45) is 0 Å². The Morgan fingerprint density at radius 2 is 2.04 bits per heavy atom. The zero-order valence-electron chi connectivity index (χ0n) is 15.7. The number of nitrogens with zero attached hydrogens (tertiary/aromatic N) is 1. The normalized spacial score (nSPS) is 22.9. The second kappa shape index (κ2) is 7.79. The average Bonchev–Trinajstić information content (AvgIpc) is 2.69. The number of ether oxygens (including phenoxy) is 1. The Morgan fingerprint density at radius 3 is 2.79 bits per heavy atom. The quantitative estimate of drug-likeness (QED) is 0.752. The maximum Gasteiger partial charge on any atom is 0.252 e. The summed E-state index contributed by atoms with van der Waals surface area (Å²) in [4.78, 5) is 28.0. The summed E-state index contributed by atoms with van der Waals surface area (Å²) in [6, 6.07) is 4.68. The van der Waals surface area contributed by atoms with Crippen molar-refractivity contribution in [3.8, 4) is 0 Å². The summed E-state index contributed by atoms with van der Waals surface area (Å²) in [6.45, 7) is 3.77. The molecule has 1 aromatic carbocycles. The van der Waals surface area contributed by atoms with E-state index in [0.717, 1.165) is 18.5 Å². The van der Waals surface area contributed by atoms with Crippen molar-refractivity contribution in [2.45, 2.75) is 32.1 Å². The number of Topliss-reactive ketones (excluding diaryl/α,β-unsaturated/α-hetero) is 1. The van der Waals surface area contributed by atoms with E-state index in [1.165, 1.54) is 6.07 Å². The third-order valence-electron chi connectivity index (χ3n) is 5.57. The molecule has 1 N–H and O–H groups in total. The number of morpholine rings is 1. The molecule has 4 rings (SSSR count). The summed E-state index contributed by atoms with van der Waals surface area (Å²) in [6.07, 6.45) is 1.91. The van der Waals surface area contributed by atoms with Gasteiger partial charge < -0.3 is 15.0 Å². The molecule has 1 aromatic rings. The Hall–Kier alpha value is -1.99. The minimum absolute atomic E-state index is 0.0158. The van der Waals surface area contributed by atoms with Gasteiger partial charge in [-0.25, -0.2) is 4.39 Å². The van der Waals surface area contributed by atoms with Gasteiger partial charge in [-0.05, 0) is 38.0 Å². The Kier molecular flexibility index (Phi) is 5.38. The van der Waals surface area contributed by atoms with Crippen LogP contribution in [-0.2, 0) is 14.3 Å². The second-order valence-corrected chi connectivity index (χ2v) is 8.25. The Labute approximate surface area is 171 Å². The van der Waals surface area contributed by atoms with Gasteiger partial charge >= 0.3 is 0 Å². The van der Waals surface area contributed by atoms with Crippen molar-refractivity contribution >= 4 is 27.6 Å². The number of nitrogens with one attached hydrogen (secondary N) is 1. The predicted octanol–water partition coefficient (Wildman–Crippen LogP) is 3.41. The van der Waals surface area contributed by atoms with Gasteiger partial charge in [-0.3, -0.25) is 9.59 Å². The first-order chi connectivity index (χ1) is 13.5. The lowest BCUT2D eigenvalue weighted by Gasteiger charge is -2.37. The number of halogens is 2. The molecule has 148 valence electrons. The van der Waals surface area contributed by atoms with Gasteiger partial charge in [0.05, 0.1) is 13.2 Å². The van der Waals surface area contributed by atoms with E-state index in [-0.39, 0.29) is 11.7 Å². The molecule has 2 heterocycles. The molecule has 1 saturated heterocycles. The van der Waals surface area contributed by atoms with E-state index >= 15 is 0 Å². The van der Waals surface area contributed by atoms with Crippen LogP contribution in [0.3, 0.4) is 0 Å². The molecule has 5 nitrogen and oxygen atoms in total. The van der Waals surface area contributed by atoms with Gasteiger partial charge in [0.15, 0.2) is 5.78 Å². The van der Waals surface area contributed by atoms with Crippen molar-refractivity contribution in [1.29, 1.82) is 0 Å². The van der Waals surface area contributed by atoms with Crippen LogP contribution in [0, 0.1) is 5.82 Å². The van der Waals surface area contributed by atoms with Gasteiger partial charge in [-0.15, -0.1) is 0 Å². The van der Waals surface area contributed by atoms with Crippen LogP contribution in [0.2, 0.25) is 0 Å². The fraction of sp³-hybridized carbons (Fsp3) is 0.429. The third kappa shape index (κ3) is 3.42. The molecular weight excluding hydrogens is 427 g/mol. The summed E-state index contributed by atoms with van der Waals surface area (Å²) < 4.78 is 21.0. The number of rotatable bonds is 2. The number of allylic oxidation sites excluding steroid dienone is 3. The molecule has 2 aliphatic heterocycles. The van der Waals surface area contributed by atoms with E-state index in [2.05, 4.69) is 21.2 Å². The van der Waals surface area contributed by atoms with E-state index in [9.17, 15) is 14.0 Å². The van der Waals surface area contributed by atoms with E-state index < -0.39 is 11.7 Å². The number of amides is 1. The van der Waals surface area contributed by atoms with Crippen LogP contribution in [-0.4, -0.2) is 42.9 Å². The van der Waals surface area contributed by atoms with E-state index in [0.29, 0.717) is 59.6 Å².